The molecule has 5 heteroatoms. The van der Waals surface area contributed by atoms with E-state index in [2.05, 4.69) is 32.7 Å². The first-order chi connectivity index (χ1) is 9.13. The van der Waals surface area contributed by atoms with Gasteiger partial charge in [0.05, 0.1) is 10.9 Å². The summed E-state index contributed by atoms with van der Waals surface area (Å²) in [5.41, 5.74) is 2.37. The van der Waals surface area contributed by atoms with Crippen LogP contribution in [-0.2, 0) is 6.42 Å². The van der Waals surface area contributed by atoms with Gasteiger partial charge in [-0.1, -0.05) is 11.6 Å². The highest BCUT2D eigenvalue weighted by Crippen LogP contribution is 2.30. The highest BCUT2D eigenvalue weighted by atomic mass is 79.9. The van der Waals surface area contributed by atoms with E-state index in [-0.39, 0.29) is 6.04 Å². The standard InChI is InChI=1S/C14H15BrClNOS/c1-17-12(10-7-14(15)19-8-10)6-9-5-11(16)3-4-13(9)18-2/h3-5,7-8,12,17H,6H2,1-2H3. The van der Waals surface area contributed by atoms with Crippen molar-refractivity contribution < 1.29 is 4.74 Å². The van der Waals surface area contributed by atoms with Gasteiger partial charge in [-0.3, -0.25) is 0 Å². The molecule has 1 heterocycles. The number of thiophene rings is 1. The second-order valence-electron chi connectivity index (χ2n) is 4.19. The predicted molar refractivity (Wildman–Crippen MR) is 85.5 cm³/mol. The lowest BCUT2D eigenvalue weighted by Gasteiger charge is -2.17. The monoisotopic (exact) mass is 359 g/mol. The molecule has 1 N–H and O–H groups in total. The summed E-state index contributed by atoms with van der Waals surface area (Å²) in [6.07, 6.45) is 0.837. The Morgan fingerprint density at radius 2 is 2.21 bits per heavy atom. The average Bonchev–Trinajstić information content (AvgIpc) is 2.82. The first kappa shape index (κ1) is 14.9. The fraction of sp³-hybridized carbons (Fsp3) is 0.286. The van der Waals surface area contributed by atoms with Gasteiger partial charge in [0.2, 0.25) is 0 Å². The van der Waals surface area contributed by atoms with Crippen LogP contribution in [0.25, 0.3) is 0 Å². The molecular weight excluding hydrogens is 346 g/mol. The number of rotatable bonds is 5. The average molecular weight is 361 g/mol. The Labute approximate surface area is 130 Å². The molecule has 2 nitrogen and oxygen atoms in total. The molecule has 102 valence electrons. The van der Waals surface area contributed by atoms with Crippen LogP contribution in [0.5, 0.6) is 5.75 Å². The van der Waals surface area contributed by atoms with Crippen molar-refractivity contribution in [1.82, 2.24) is 5.32 Å². The molecule has 2 rings (SSSR count). The van der Waals surface area contributed by atoms with E-state index in [1.54, 1.807) is 18.4 Å². The van der Waals surface area contributed by atoms with Crippen molar-refractivity contribution in [3.63, 3.8) is 0 Å². The summed E-state index contributed by atoms with van der Waals surface area (Å²) in [4.78, 5) is 0. The third-order valence-electron chi connectivity index (χ3n) is 3.01. The van der Waals surface area contributed by atoms with Crippen LogP contribution in [0.4, 0.5) is 0 Å². The van der Waals surface area contributed by atoms with E-state index in [1.165, 1.54) is 5.56 Å². The second kappa shape index (κ2) is 6.75. The number of hydrogen-bond acceptors (Lipinski definition) is 3. The Morgan fingerprint density at radius 1 is 1.42 bits per heavy atom. The zero-order valence-electron chi connectivity index (χ0n) is 10.7. The first-order valence-electron chi connectivity index (χ1n) is 5.87. The van der Waals surface area contributed by atoms with E-state index in [1.807, 2.05) is 25.2 Å². The number of halogens is 2. The fourth-order valence-corrected chi connectivity index (χ4v) is 3.44. The van der Waals surface area contributed by atoms with Crippen molar-refractivity contribution in [3.8, 4) is 5.75 Å². The summed E-state index contributed by atoms with van der Waals surface area (Å²) in [5.74, 6) is 0.874. The number of methoxy groups -OCH3 is 1. The number of likely N-dealkylation sites (N-methyl/N-ethyl adjacent to an activating group) is 1. The molecule has 0 saturated heterocycles. The van der Waals surface area contributed by atoms with Gasteiger partial charge in [0.25, 0.3) is 0 Å². The lowest BCUT2D eigenvalue weighted by molar-refractivity contribution is 0.406. The summed E-state index contributed by atoms with van der Waals surface area (Å²) in [7, 11) is 3.65. The summed E-state index contributed by atoms with van der Waals surface area (Å²) in [5, 5.41) is 6.23. The Kier molecular flexibility index (Phi) is 5.28. The molecule has 1 atom stereocenters. The van der Waals surface area contributed by atoms with Crippen LogP contribution in [0.2, 0.25) is 5.02 Å². The van der Waals surface area contributed by atoms with Gasteiger partial charge in [0.1, 0.15) is 5.75 Å². The van der Waals surface area contributed by atoms with Crippen LogP contribution in [0.1, 0.15) is 17.2 Å². The minimum absolute atomic E-state index is 0.245. The summed E-state index contributed by atoms with van der Waals surface area (Å²) < 4.78 is 6.53. The number of ether oxygens (including phenoxy) is 1. The zero-order chi connectivity index (χ0) is 13.8. The maximum absolute atomic E-state index is 6.07. The molecule has 0 fully saturated rings. The van der Waals surface area contributed by atoms with Crippen LogP contribution in [0.3, 0.4) is 0 Å². The first-order valence-corrected chi connectivity index (χ1v) is 7.92. The van der Waals surface area contributed by atoms with Crippen LogP contribution in [-0.4, -0.2) is 14.2 Å². The molecule has 0 spiro atoms. The van der Waals surface area contributed by atoms with Crippen molar-refractivity contribution in [2.24, 2.45) is 0 Å². The van der Waals surface area contributed by atoms with Crippen LogP contribution >= 0.6 is 38.9 Å². The minimum atomic E-state index is 0.245. The van der Waals surface area contributed by atoms with Crippen molar-refractivity contribution >= 4 is 38.9 Å². The lowest BCUT2D eigenvalue weighted by atomic mass is 10.0. The van der Waals surface area contributed by atoms with Gasteiger partial charge in [0, 0.05) is 11.1 Å². The molecule has 0 saturated carbocycles. The molecular formula is C14H15BrClNOS. The van der Waals surface area contributed by atoms with Gasteiger partial charge in [-0.25, -0.2) is 0 Å². The van der Waals surface area contributed by atoms with Gasteiger partial charge < -0.3 is 10.1 Å². The molecule has 0 aliphatic carbocycles. The summed E-state index contributed by atoms with van der Waals surface area (Å²) in [6, 6.07) is 8.11. The largest absolute Gasteiger partial charge is 0.496 e. The molecule has 0 aliphatic heterocycles. The van der Waals surface area contributed by atoms with Crippen molar-refractivity contribution in [3.05, 3.63) is 49.6 Å². The topological polar surface area (TPSA) is 21.3 Å². The molecule has 0 aliphatic rings. The molecule has 0 amide bonds. The number of nitrogens with one attached hydrogen (secondary N) is 1. The molecule has 0 radical (unpaired) electrons. The van der Waals surface area contributed by atoms with E-state index in [9.17, 15) is 0 Å². The van der Waals surface area contributed by atoms with Crippen LogP contribution in [0, 0.1) is 0 Å². The van der Waals surface area contributed by atoms with Gasteiger partial charge in [-0.15, -0.1) is 11.3 Å². The van der Waals surface area contributed by atoms with E-state index in [4.69, 9.17) is 16.3 Å². The van der Waals surface area contributed by atoms with Crippen molar-refractivity contribution in [1.29, 1.82) is 0 Å². The van der Waals surface area contributed by atoms with Gasteiger partial charge in [-0.2, -0.15) is 0 Å². The Hall–Kier alpha value is -0.550. The Bertz CT molecular complexity index is 558. The van der Waals surface area contributed by atoms with E-state index < -0.39 is 0 Å². The second-order valence-corrected chi connectivity index (χ2v) is 6.91. The lowest BCUT2D eigenvalue weighted by Crippen LogP contribution is -2.18. The normalized spacial score (nSPS) is 12.4. The predicted octanol–water partition coefficient (Wildman–Crippen LogP) is 4.68. The number of benzene rings is 1. The summed E-state index contributed by atoms with van der Waals surface area (Å²) in [6.45, 7) is 0. The molecule has 1 aromatic heterocycles. The van der Waals surface area contributed by atoms with E-state index in [0.29, 0.717) is 0 Å². The highest BCUT2D eigenvalue weighted by molar-refractivity contribution is 9.11. The highest BCUT2D eigenvalue weighted by Gasteiger charge is 2.15. The third kappa shape index (κ3) is 3.72. The molecule has 2 aromatic rings. The Balaban J connectivity index is 2.25. The van der Waals surface area contributed by atoms with Crippen molar-refractivity contribution in [2.45, 2.75) is 12.5 Å². The zero-order valence-corrected chi connectivity index (χ0v) is 13.9. The Morgan fingerprint density at radius 3 is 2.79 bits per heavy atom. The van der Waals surface area contributed by atoms with Crippen LogP contribution < -0.4 is 10.1 Å². The van der Waals surface area contributed by atoms with Gasteiger partial charge >= 0.3 is 0 Å². The summed E-state index contributed by atoms with van der Waals surface area (Å²) >= 11 is 11.3. The molecule has 0 bridgehead atoms. The van der Waals surface area contributed by atoms with E-state index >= 15 is 0 Å². The SMILES string of the molecule is CNC(Cc1cc(Cl)ccc1OC)c1csc(Br)c1. The van der Waals surface area contributed by atoms with Gasteiger partial charge in [-0.05, 0) is 70.2 Å². The fourth-order valence-electron chi connectivity index (χ4n) is 2.02. The molecule has 19 heavy (non-hydrogen) atoms. The van der Waals surface area contributed by atoms with Crippen molar-refractivity contribution in [2.75, 3.05) is 14.2 Å². The minimum Gasteiger partial charge on any atom is -0.496 e. The van der Waals surface area contributed by atoms with Crippen LogP contribution in [0.15, 0.2) is 33.4 Å². The quantitative estimate of drug-likeness (QED) is 0.836. The van der Waals surface area contributed by atoms with E-state index in [0.717, 1.165) is 26.5 Å². The third-order valence-corrected chi connectivity index (χ3v) is 4.76. The van der Waals surface area contributed by atoms with Gasteiger partial charge in [0.15, 0.2) is 0 Å². The smallest absolute Gasteiger partial charge is 0.122 e. The maximum atomic E-state index is 6.07. The number of hydrogen-bond donors (Lipinski definition) is 1. The maximum Gasteiger partial charge on any atom is 0.122 e. The molecule has 1 unspecified atom stereocenters. The molecule has 1 aromatic carbocycles.